The molecule has 0 bridgehead atoms. The number of aromatic nitrogens is 2. The summed E-state index contributed by atoms with van der Waals surface area (Å²) in [4.78, 5) is 5.75. The summed E-state index contributed by atoms with van der Waals surface area (Å²) in [6.07, 6.45) is 2.08. The lowest BCUT2D eigenvalue weighted by molar-refractivity contribution is 0.284. The molecule has 0 spiro atoms. The fourth-order valence-corrected chi connectivity index (χ4v) is 3.45. The monoisotopic (exact) mass is 323 g/mol. The fourth-order valence-electron chi connectivity index (χ4n) is 2.59. The normalized spacial score (nSPS) is 21.8. The van der Waals surface area contributed by atoms with Crippen molar-refractivity contribution in [1.82, 2.24) is 15.5 Å². The SMILES string of the molecule is CCC1(c2nc(CSc3ccc(Cl)cc3)no2)CCNC1. The highest BCUT2D eigenvalue weighted by Gasteiger charge is 2.39. The number of thioether (sulfide) groups is 1. The highest BCUT2D eigenvalue weighted by molar-refractivity contribution is 7.98. The van der Waals surface area contributed by atoms with Gasteiger partial charge in [0, 0.05) is 16.5 Å². The van der Waals surface area contributed by atoms with Gasteiger partial charge in [0.15, 0.2) is 5.82 Å². The molecule has 0 saturated carbocycles. The lowest BCUT2D eigenvalue weighted by atomic mass is 9.84. The van der Waals surface area contributed by atoms with Gasteiger partial charge in [0.25, 0.3) is 0 Å². The highest BCUT2D eigenvalue weighted by Crippen LogP contribution is 2.33. The summed E-state index contributed by atoms with van der Waals surface area (Å²) in [5.41, 5.74) is 0.0240. The van der Waals surface area contributed by atoms with Gasteiger partial charge in [-0.1, -0.05) is 23.7 Å². The Morgan fingerprint density at radius 1 is 1.38 bits per heavy atom. The molecule has 0 aliphatic carbocycles. The van der Waals surface area contributed by atoms with Crippen LogP contribution in [0, 0.1) is 0 Å². The Balaban J connectivity index is 1.66. The number of hydrogen-bond donors (Lipinski definition) is 1. The molecule has 1 saturated heterocycles. The number of benzene rings is 1. The predicted octanol–water partition coefficient (Wildman–Crippen LogP) is 3.66. The molecule has 1 aliphatic rings. The summed E-state index contributed by atoms with van der Waals surface area (Å²) in [5, 5.41) is 8.26. The van der Waals surface area contributed by atoms with Gasteiger partial charge in [-0.05, 0) is 43.7 Å². The zero-order valence-electron chi connectivity index (χ0n) is 11.9. The number of hydrogen-bond acceptors (Lipinski definition) is 5. The van der Waals surface area contributed by atoms with Crippen LogP contribution < -0.4 is 5.32 Å². The molecule has 1 atom stereocenters. The van der Waals surface area contributed by atoms with Crippen LogP contribution in [0.25, 0.3) is 0 Å². The second kappa shape index (κ2) is 6.38. The van der Waals surface area contributed by atoms with Gasteiger partial charge in [-0.2, -0.15) is 4.98 Å². The smallest absolute Gasteiger partial charge is 0.234 e. The zero-order chi connectivity index (χ0) is 14.7. The van der Waals surface area contributed by atoms with E-state index in [1.807, 2.05) is 24.3 Å². The van der Waals surface area contributed by atoms with E-state index in [0.717, 1.165) is 47.6 Å². The van der Waals surface area contributed by atoms with Crippen molar-refractivity contribution in [1.29, 1.82) is 0 Å². The van der Waals surface area contributed by atoms with Crippen LogP contribution in [0.2, 0.25) is 5.02 Å². The Labute approximate surface area is 133 Å². The summed E-state index contributed by atoms with van der Waals surface area (Å²) in [6.45, 7) is 4.12. The van der Waals surface area contributed by atoms with Crippen molar-refractivity contribution in [3.8, 4) is 0 Å². The number of halogens is 1. The first-order valence-corrected chi connectivity index (χ1v) is 8.50. The maximum absolute atomic E-state index is 5.88. The standard InChI is InChI=1S/C15H18ClN3OS/c1-2-15(7-8-17-10-15)14-18-13(19-20-14)9-21-12-5-3-11(16)4-6-12/h3-6,17H,2,7-10H2,1H3. The van der Waals surface area contributed by atoms with Gasteiger partial charge >= 0.3 is 0 Å². The molecule has 21 heavy (non-hydrogen) atoms. The Morgan fingerprint density at radius 3 is 2.86 bits per heavy atom. The van der Waals surface area contributed by atoms with Crippen molar-refractivity contribution in [2.75, 3.05) is 13.1 Å². The van der Waals surface area contributed by atoms with Gasteiger partial charge in [-0.3, -0.25) is 0 Å². The largest absolute Gasteiger partial charge is 0.339 e. The van der Waals surface area contributed by atoms with E-state index < -0.39 is 0 Å². The van der Waals surface area contributed by atoms with Crippen LogP contribution in [0.5, 0.6) is 0 Å². The van der Waals surface area contributed by atoms with Crippen molar-refractivity contribution < 1.29 is 4.52 Å². The van der Waals surface area contributed by atoms with Gasteiger partial charge < -0.3 is 9.84 Å². The van der Waals surface area contributed by atoms with E-state index >= 15 is 0 Å². The van der Waals surface area contributed by atoms with E-state index in [2.05, 4.69) is 22.4 Å². The Hall–Kier alpha value is -1.04. The maximum Gasteiger partial charge on any atom is 0.234 e. The fraction of sp³-hybridized carbons (Fsp3) is 0.467. The van der Waals surface area contributed by atoms with Crippen LogP contribution >= 0.6 is 23.4 Å². The average molecular weight is 324 g/mol. The number of nitrogens with zero attached hydrogens (tertiary/aromatic N) is 2. The average Bonchev–Trinajstić information content (AvgIpc) is 3.16. The van der Waals surface area contributed by atoms with Crippen LogP contribution in [0.4, 0.5) is 0 Å². The molecule has 1 aromatic heterocycles. The van der Waals surface area contributed by atoms with E-state index in [1.54, 1.807) is 11.8 Å². The molecule has 4 nitrogen and oxygen atoms in total. The van der Waals surface area contributed by atoms with Gasteiger partial charge in [0.1, 0.15) is 0 Å². The number of nitrogens with one attached hydrogen (secondary N) is 1. The first-order valence-electron chi connectivity index (χ1n) is 7.14. The molecule has 1 fully saturated rings. The Morgan fingerprint density at radius 2 is 2.19 bits per heavy atom. The first-order chi connectivity index (χ1) is 10.2. The summed E-state index contributed by atoms with van der Waals surface area (Å²) in [6, 6.07) is 7.79. The third-order valence-corrected chi connectivity index (χ3v) is 5.28. The van der Waals surface area contributed by atoms with Crippen molar-refractivity contribution in [2.45, 2.75) is 35.8 Å². The lowest BCUT2D eigenvalue weighted by Gasteiger charge is -2.20. The molecule has 2 heterocycles. The van der Waals surface area contributed by atoms with Crippen LogP contribution in [-0.4, -0.2) is 23.2 Å². The van der Waals surface area contributed by atoms with Crippen molar-refractivity contribution in [3.05, 3.63) is 41.0 Å². The highest BCUT2D eigenvalue weighted by atomic mass is 35.5. The second-order valence-corrected chi connectivity index (χ2v) is 6.80. The van der Waals surface area contributed by atoms with Gasteiger partial charge in [-0.25, -0.2) is 0 Å². The molecule has 3 rings (SSSR count). The maximum atomic E-state index is 5.88. The minimum atomic E-state index is 0.0240. The molecule has 0 radical (unpaired) electrons. The Bertz CT molecular complexity index is 593. The minimum absolute atomic E-state index is 0.0240. The van der Waals surface area contributed by atoms with Crippen LogP contribution in [-0.2, 0) is 11.2 Å². The first kappa shape index (κ1) is 14.9. The van der Waals surface area contributed by atoms with Gasteiger partial charge in [0.05, 0.1) is 11.2 Å². The summed E-state index contributed by atoms with van der Waals surface area (Å²) >= 11 is 7.57. The van der Waals surface area contributed by atoms with E-state index in [9.17, 15) is 0 Å². The molecule has 1 aromatic carbocycles. The minimum Gasteiger partial charge on any atom is -0.339 e. The van der Waals surface area contributed by atoms with Crippen LogP contribution in [0.15, 0.2) is 33.7 Å². The van der Waals surface area contributed by atoms with Gasteiger partial charge in [-0.15, -0.1) is 11.8 Å². The Kier molecular flexibility index (Phi) is 4.52. The van der Waals surface area contributed by atoms with Crippen molar-refractivity contribution >= 4 is 23.4 Å². The molecule has 6 heteroatoms. The third kappa shape index (κ3) is 3.25. The third-order valence-electron chi connectivity index (χ3n) is 4.02. The van der Waals surface area contributed by atoms with Gasteiger partial charge in [0.2, 0.25) is 5.89 Å². The molecular formula is C15H18ClN3OS. The van der Waals surface area contributed by atoms with E-state index in [1.165, 1.54) is 0 Å². The summed E-state index contributed by atoms with van der Waals surface area (Å²) in [7, 11) is 0. The summed E-state index contributed by atoms with van der Waals surface area (Å²) < 4.78 is 5.51. The molecule has 112 valence electrons. The van der Waals surface area contributed by atoms with E-state index in [4.69, 9.17) is 16.1 Å². The zero-order valence-corrected chi connectivity index (χ0v) is 13.5. The molecule has 1 N–H and O–H groups in total. The van der Waals surface area contributed by atoms with Crippen LogP contribution in [0.3, 0.4) is 0 Å². The van der Waals surface area contributed by atoms with Crippen molar-refractivity contribution in [3.63, 3.8) is 0 Å². The molecule has 1 aliphatic heterocycles. The molecular weight excluding hydrogens is 306 g/mol. The molecule has 0 amide bonds. The topological polar surface area (TPSA) is 51.0 Å². The number of rotatable bonds is 5. The summed E-state index contributed by atoms with van der Waals surface area (Å²) in [5.74, 6) is 2.24. The molecule has 2 aromatic rings. The van der Waals surface area contributed by atoms with Crippen LogP contribution in [0.1, 0.15) is 31.5 Å². The molecule has 1 unspecified atom stereocenters. The van der Waals surface area contributed by atoms with E-state index in [-0.39, 0.29) is 5.41 Å². The predicted molar refractivity (Wildman–Crippen MR) is 84.8 cm³/mol. The quantitative estimate of drug-likeness (QED) is 0.851. The second-order valence-electron chi connectivity index (χ2n) is 5.32. The lowest BCUT2D eigenvalue weighted by Crippen LogP contribution is -2.28. The van der Waals surface area contributed by atoms with Crippen molar-refractivity contribution in [2.24, 2.45) is 0 Å². The van der Waals surface area contributed by atoms with E-state index in [0.29, 0.717) is 5.75 Å².